The Kier molecular flexibility index (Phi) is 7.87. The zero-order chi connectivity index (χ0) is 13.2. The molecule has 0 bridgehead atoms. The topological polar surface area (TPSA) is 34.1 Å². The molecule has 0 aromatic heterocycles. The van der Waals surface area contributed by atoms with Gasteiger partial charge in [0.05, 0.1) is 0 Å². The molecule has 0 aromatic carbocycles. The van der Waals surface area contributed by atoms with Crippen molar-refractivity contribution in [3.05, 3.63) is 0 Å². The fourth-order valence-corrected chi connectivity index (χ4v) is 6.74. The fraction of sp³-hybridized carbons (Fsp3) is 0.857. The van der Waals surface area contributed by atoms with Crippen LogP contribution in [0.15, 0.2) is 0 Å². The molecule has 0 amide bonds. The second-order valence-electron chi connectivity index (χ2n) is 5.15. The van der Waals surface area contributed by atoms with Crippen LogP contribution in [0.1, 0.15) is 59.3 Å². The molecule has 0 saturated heterocycles. The van der Waals surface area contributed by atoms with Gasteiger partial charge in [-0.05, 0) is 0 Å². The van der Waals surface area contributed by atoms with Crippen molar-refractivity contribution in [2.45, 2.75) is 59.3 Å². The molecule has 0 rings (SSSR count). The van der Waals surface area contributed by atoms with Crippen molar-refractivity contribution in [1.82, 2.24) is 0 Å². The quantitative estimate of drug-likeness (QED) is 0.523. The molecule has 2 radical (unpaired) electrons. The van der Waals surface area contributed by atoms with Crippen molar-refractivity contribution in [3.8, 4) is 0 Å². The van der Waals surface area contributed by atoms with E-state index in [1.165, 1.54) is 0 Å². The van der Waals surface area contributed by atoms with Gasteiger partial charge in [0.1, 0.15) is 0 Å². The zero-order valence-corrected chi connectivity index (χ0v) is 12.5. The average molecular weight is 258 g/mol. The van der Waals surface area contributed by atoms with Gasteiger partial charge in [0.2, 0.25) is 0 Å². The first-order valence-electron chi connectivity index (χ1n) is 6.93. The van der Waals surface area contributed by atoms with E-state index in [-0.39, 0.29) is 0 Å². The summed E-state index contributed by atoms with van der Waals surface area (Å²) in [7, 11) is 0. The Morgan fingerprint density at radius 1 is 0.706 bits per heavy atom. The molecule has 0 aromatic rings. The number of unbranched alkanes of at least 4 members (excludes halogenated alkanes) is 3. The number of rotatable bonds is 11. The Labute approximate surface area is 106 Å². The molecule has 0 heterocycles. The molecule has 100 valence electrons. The van der Waals surface area contributed by atoms with Crippen LogP contribution in [0.3, 0.4) is 0 Å². The molecule has 2 nitrogen and oxygen atoms in total. The van der Waals surface area contributed by atoms with Crippen LogP contribution >= 0.6 is 6.60 Å². The van der Waals surface area contributed by atoms with E-state index in [1.54, 1.807) is 0 Å². The summed E-state index contributed by atoms with van der Waals surface area (Å²) in [6, 6.07) is 4.48. The van der Waals surface area contributed by atoms with Gasteiger partial charge in [-0.2, -0.15) is 0 Å². The third kappa shape index (κ3) is 4.50. The van der Waals surface area contributed by atoms with Crippen molar-refractivity contribution in [1.29, 1.82) is 0 Å². The van der Waals surface area contributed by atoms with Crippen LogP contribution in [-0.4, -0.2) is 30.5 Å². The molecule has 0 unspecified atom stereocenters. The first kappa shape index (κ1) is 16.8. The molecule has 0 aliphatic heterocycles. The molecule has 17 heavy (non-hydrogen) atoms. The Hall–Kier alpha value is -0.230. The van der Waals surface area contributed by atoms with Gasteiger partial charge >= 0.3 is 106 Å². The standard InChI is InChI=1S/C14H27O2P/c1-4-7-10-17(13-15,14-16,11-8-5-2)12-9-6-3/h4-12H2,1-3H3. The fourth-order valence-electron chi connectivity index (χ4n) is 2.25. The summed E-state index contributed by atoms with van der Waals surface area (Å²) < 4.78 is 0. The molecule has 0 N–H and O–H groups in total. The molecule has 0 fully saturated rings. The summed E-state index contributed by atoms with van der Waals surface area (Å²) in [6.07, 6.45) is 8.18. The number of hydrogen-bond donors (Lipinski definition) is 0. The third-order valence-electron chi connectivity index (χ3n) is 3.63. The van der Waals surface area contributed by atoms with Crippen LogP contribution in [0, 0.1) is 0 Å². The van der Waals surface area contributed by atoms with Crippen molar-refractivity contribution < 1.29 is 9.59 Å². The second kappa shape index (κ2) is 7.97. The van der Waals surface area contributed by atoms with E-state index in [4.69, 9.17) is 0 Å². The van der Waals surface area contributed by atoms with Crippen molar-refractivity contribution >= 4 is 18.7 Å². The van der Waals surface area contributed by atoms with Crippen molar-refractivity contribution in [2.75, 3.05) is 18.5 Å². The van der Waals surface area contributed by atoms with Crippen LogP contribution in [0.4, 0.5) is 0 Å². The van der Waals surface area contributed by atoms with E-state index in [1.807, 2.05) is 0 Å². The van der Waals surface area contributed by atoms with Crippen LogP contribution in [0.5, 0.6) is 0 Å². The number of carbonyl (C=O) groups excluding carboxylic acids is 2. The minimum atomic E-state index is -2.95. The summed E-state index contributed by atoms with van der Waals surface area (Å²) in [5.41, 5.74) is 0. The van der Waals surface area contributed by atoms with Crippen molar-refractivity contribution in [2.24, 2.45) is 0 Å². The van der Waals surface area contributed by atoms with Crippen LogP contribution < -0.4 is 0 Å². The van der Waals surface area contributed by atoms with Gasteiger partial charge in [0.25, 0.3) is 0 Å². The van der Waals surface area contributed by atoms with Crippen molar-refractivity contribution in [3.63, 3.8) is 0 Å². The monoisotopic (exact) mass is 258 g/mol. The molecule has 0 aliphatic carbocycles. The van der Waals surface area contributed by atoms with Crippen LogP contribution in [-0.2, 0) is 9.59 Å². The molecule has 0 saturated carbocycles. The maximum absolute atomic E-state index is 11.6. The normalized spacial score (nSPS) is 13.9. The number of hydrogen-bond acceptors (Lipinski definition) is 2. The Balaban J connectivity index is 5.02. The Morgan fingerprint density at radius 2 is 1.00 bits per heavy atom. The van der Waals surface area contributed by atoms with E-state index < -0.39 is 6.60 Å². The average Bonchev–Trinajstić information content (AvgIpc) is 2.40. The zero-order valence-electron chi connectivity index (χ0n) is 11.6. The van der Waals surface area contributed by atoms with E-state index in [0.29, 0.717) is 0 Å². The van der Waals surface area contributed by atoms with Gasteiger partial charge < -0.3 is 0 Å². The first-order valence-corrected chi connectivity index (χ1v) is 9.72. The predicted octanol–water partition coefficient (Wildman–Crippen LogP) is 4.07. The molecule has 0 atom stereocenters. The van der Waals surface area contributed by atoms with Gasteiger partial charge in [0.15, 0.2) is 0 Å². The van der Waals surface area contributed by atoms with E-state index in [9.17, 15) is 9.59 Å². The SMILES string of the molecule is CCCCP([C]=O)([C]=O)(CCCC)CCCC. The molecule has 3 heteroatoms. The van der Waals surface area contributed by atoms with Gasteiger partial charge in [-0.3, -0.25) is 0 Å². The maximum atomic E-state index is 11.6. The first-order chi connectivity index (χ1) is 8.12. The van der Waals surface area contributed by atoms with E-state index >= 15 is 0 Å². The van der Waals surface area contributed by atoms with Gasteiger partial charge in [-0.1, -0.05) is 0 Å². The van der Waals surface area contributed by atoms with Crippen LogP contribution in [0.2, 0.25) is 0 Å². The molecular weight excluding hydrogens is 231 g/mol. The summed E-state index contributed by atoms with van der Waals surface area (Å²) >= 11 is 0. The Morgan fingerprint density at radius 3 is 1.18 bits per heavy atom. The molecule has 0 spiro atoms. The summed E-state index contributed by atoms with van der Waals surface area (Å²) in [5, 5.41) is 0. The minimum absolute atomic E-state index is 0.745. The molecular formula is C14H27O2P. The summed E-state index contributed by atoms with van der Waals surface area (Å²) in [4.78, 5) is 23.1. The Bertz CT molecular complexity index is 202. The van der Waals surface area contributed by atoms with Gasteiger partial charge in [0, 0.05) is 0 Å². The molecule has 0 aliphatic rings. The van der Waals surface area contributed by atoms with Gasteiger partial charge in [-0.15, -0.1) is 0 Å². The van der Waals surface area contributed by atoms with Crippen LogP contribution in [0.25, 0.3) is 0 Å². The van der Waals surface area contributed by atoms with Gasteiger partial charge in [-0.25, -0.2) is 0 Å². The van der Waals surface area contributed by atoms with E-state index in [2.05, 4.69) is 32.8 Å². The second-order valence-corrected chi connectivity index (χ2v) is 10.3. The summed E-state index contributed by atoms with van der Waals surface area (Å²) in [5.74, 6) is 0. The van der Waals surface area contributed by atoms with E-state index in [0.717, 1.165) is 57.0 Å². The third-order valence-corrected chi connectivity index (χ3v) is 8.78. The predicted molar refractivity (Wildman–Crippen MR) is 77.6 cm³/mol. The summed E-state index contributed by atoms with van der Waals surface area (Å²) in [6.45, 7) is 3.35.